The first-order chi connectivity index (χ1) is 16.7. The van der Waals surface area contributed by atoms with Gasteiger partial charge in [-0.05, 0) is 41.8 Å². The zero-order chi connectivity index (χ0) is 23.6. The molecule has 0 radical (unpaired) electrons. The van der Waals surface area contributed by atoms with E-state index < -0.39 is 6.10 Å². The summed E-state index contributed by atoms with van der Waals surface area (Å²) in [6, 6.07) is 22.8. The zero-order valence-corrected chi connectivity index (χ0v) is 20.2. The van der Waals surface area contributed by atoms with Gasteiger partial charge in [0, 0.05) is 57.7 Å². The first-order valence-electron chi connectivity index (χ1n) is 12.2. The van der Waals surface area contributed by atoms with Gasteiger partial charge in [-0.3, -0.25) is 9.80 Å². The van der Waals surface area contributed by atoms with Crippen molar-refractivity contribution in [3.05, 3.63) is 89.7 Å². The van der Waals surface area contributed by atoms with Gasteiger partial charge in [0.25, 0.3) is 0 Å². The minimum Gasteiger partial charge on any atom is -0.497 e. The highest BCUT2D eigenvalue weighted by Gasteiger charge is 2.17. The summed E-state index contributed by atoms with van der Waals surface area (Å²) < 4.78 is 13.2. The Kier molecular flexibility index (Phi) is 9.16. The van der Waals surface area contributed by atoms with Crippen molar-refractivity contribution in [2.75, 3.05) is 53.0 Å². The van der Waals surface area contributed by atoms with Gasteiger partial charge in [0.15, 0.2) is 0 Å². The molecule has 1 aromatic heterocycles. The van der Waals surface area contributed by atoms with Gasteiger partial charge in [0.05, 0.1) is 26.4 Å². The predicted molar refractivity (Wildman–Crippen MR) is 135 cm³/mol. The number of aliphatic hydroxyl groups excluding tert-OH is 1. The normalized spacial score (nSPS) is 15.5. The summed E-state index contributed by atoms with van der Waals surface area (Å²) >= 11 is 0. The van der Waals surface area contributed by atoms with Gasteiger partial charge in [-0.2, -0.15) is 0 Å². The molecule has 0 amide bonds. The van der Waals surface area contributed by atoms with E-state index in [1.165, 1.54) is 16.8 Å². The van der Waals surface area contributed by atoms with Gasteiger partial charge in [-0.25, -0.2) is 0 Å². The molecule has 1 N–H and O–H groups in total. The number of nitrogens with zero attached hydrogens (tertiary/aromatic N) is 3. The van der Waals surface area contributed by atoms with Crippen LogP contribution in [0.5, 0.6) is 5.75 Å². The van der Waals surface area contributed by atoms with Crippen molar-refractivity contribution in [1.82, 2.24) is 14.4 Å². The number of morpholine rings is 1. The third-order valence-corrected chi connectivity index (χ3v) is 6.42. The SMILES string of the molecule is COc1cccc(Cn2cccc2CN(CCN2CCOCC2)CC(O)Cc2ccccc2)c1. The molecule has 1 aliphatic rings. The monoisotopic (exact) mass is 463 g/mol. The number of methoxy groups -OCH3 is 1. The second kappa shape index (κ2) is 12.7. The summed E-state index contributed by atoms with van der Waals surface area (Å²) in [5, 5.41) is 10.9. The van der Waals surface area contributed by atoms with E-state index in [-0.39, 0.29) is 0 Å². The van der Waals surface area contributed by atoms with Crippen molar-refractivity contribution in [3.8, 4) is 5.75 Å². The van der Waals surface area contributed by atoms with Crippen LogP contribution in [0.15, 0.2) is 72.9 Å². The maximum absolute atomic E-state index is 10.9. The molecule has 2 heterocycles. The van der Waals surface area contributed by atoms with Crippen LogP contribution in [-0.4, -0.2) is 78.6 Å². The number of aliphatic hydroxyl groups is 1. The van der Waals surface area contributed by atoms with Crippen LogP contribution in [0.3, 0.4) is 0 Å². The summed E-state index contributed by atoms with van der Waals surface area (Å²) in [6.45, 7) is 7.70. The van der Waals surface area contributed by atoms with Gasteiger partial charge in [-0.15, -0.1) is 0 Å². The highest BCUT2D eigenvalue weighted by atomic mass is 16.5. The van der Waals surface area contributed by atoms with Crippen LogP contribution in [-0.2, 0) is 24.2 Å². The minimum atomic E-state index is -0.408. The van der Waals surface area contributed by atoms with Crippen molar-refractivity contribution >= 4 is 0 Å². The van der Waals surface area contributed by atoms with Crippen molar-refractivity contribution < 1.29 is 14.6 Å². The minimum absolute atomic E-state index is 0.408. The first-order valence-corrected chi connectivity index (χ1v) is 12.2. The Labute approximate surface area is 203 Å². The Balaban J connectivity index is 1.42. The van der Waals surface area contributed by atoms with E-state index in [1.54, 1.807) is 7.11 Å². The van der Waals surface area contributed by atoms with Gasteiger partial charge in [0.2, 0.25) is 0 Å². The fourth-order valence-corrected chi connectivity index (χ4v) is 4.54. The van der Waals surface area contributed by atoms with Crippen LogP contribution >= 0.6 is 0 Å². The topological polar surface area (TPSA) is 50.1 Å². The summed E-state index contributed by atoms with van der Waals surface area (Å²) in [6.07, 6.45) is 2.39. The Hall–Kier alpha value is -2.64. The smallest absolute Gasteiger partial charge is 0.119 e. The Morgan fingerprint density at radius 3 is 2.59 bits per heavy atom. The van der Waals surface area contributed by atoms with Crippen molar-refractivity contribution in [3.63, 3.8) is 0 Å². The van der Waals surface area contributed by atoms with Crippen LogP contribution in [0.1, 0.15) is 16.8 Å². The molecular weight excluding hydrogens is 426 g/mol. The lowest BCUT2D eigenvalue weighted by atomic mass is 10.1. The van der Waals surface area contributed by atoms with Crippen LogP contribution in [0.2, 0.25) is 0 Å². The number of rotatable bonds is 12. The van der Waals surface area contributed by atoms with E-state index >= 15 is 0 Å². The van der Waals surface area contributed by atoms with E-state index in [0.29, 0.717) is 13.0 Å². The van der Waals surface area contributed by atoms with Gasteiger partial charge in [0.1, 0.15) is 5.75 Å². The largest absolute Gasteiger partial charge is 0.497 e. The summed E-state index contributed by atoms with van der Waals surface area (Å²) in [7, 11) is 1.70. The molecular formula is C28H37N3O3. The molecule has 1 saturated heterocycles. The van der Waals surface area contributed by atoms with E-state index in [1.807, 2.05) is 30.3 Å². The average Bonchev–Trinajstić information content (AvgIpc) is 3.30. The standard InChI is InChI=1S/C28H37N3O3/c1-33-28-11-5-9-25(20-28)21-31-12-6-10-26(31)22-30(14-13-29-15-17-34-18-16-29)23-27(32)19-24-7-3-2-4-8-24/h2-12,20,27,32H,13-19,21-23H2,1H3. The Morgan fingerprint density at radius 1 is 1.00 bits per heavy atom. The molecule has 2 aromatic carbocycles. The fraction of sp³-hybridized carbons (Fsp3) is 0.429. The third kappa shape index (κ3) is 7.43. The maximum atomic E-state index is 10.9. The summed E-state index contributed by atoms with van der Waals surface area (Å²) in [5.41, 5.74) is 3.63. The third-order valence-electron chi connectivity index (χ3n) is 6.42. The number of ether oxygens (including phenoxy) is 2. The molecule has 1 unspecified atom stereocenters. The molecule has 0 aliphatic carbocycles. The van der Waals surface area contributed by atoms with E-state index in [0.717, 1.165) is 58.2 Å². The summed E-state index contributed by atoms with van der Waals surface area (Å²) in [4.78, 5) is 4.84. The lowest BCUT2D eigenvalue weighted by Crippen LogP contribution is -2.43. The number of aromatic nitrogens is 1. The number of hydrogen-bond acceptors (Lipinski definition) is 5. The van der Waals surface area contributed by atoms with Crippen molar-refractivity contribution in [2.45, 2.75) is 25.6 Å². The molecule has 0 saturated carbocycles. The lowest BCUT2D eigenvalue weighted by molar-refractivity contribution is 0.0290. The second-order valence-electron chi connectivity index (χ2n) is 9.01. The molecule has 3 aromatic rings. The molecule has 1 aliphatic heterocycles. The molecule has 6 nitrogen and oxygen atoms in total. The van der Waals surface area contributed by atoms with Gasteiger partial charge in [-0.1, -0.05) is 42.5 Å². The molecule has 0 spiro atoms. The van der Waals surface area contributed by atoms with Crippen molar-refractivity contribution in [2.24, 2.45) is 0 Å². The average molecular weight is 464 g/mol. The molecule has 1 atom stereocenters. The highest BCUT2D eigenvalue weighted by Crippen LogP contribution is 2.16. The van der Waals surface area contributed by atoms with Crippen LogP contribution in [0.25, 0.3) is 0 Å². The molecule has 6 heteroatoms. The van der Waals surface area contributed by atoms with Crippen LogP contribution in [0.4, 0.5) is 0 Å². The molecule has 34 heavy (non-hydrogen) atoms. The van der Waals surface area contributed by atoms with Crippen LogP contribution in [0, 0.1) is 0 Å². The van der Waals surface area contributed by atoms with Gasteiger partial charge < -0.3 is 19.1 Å². The maximum Gasteiger partial charge on any atom is 0.119 e. The van der Waals surface area contributed by atoms with Crippen LogP contribution < -0.4 is 4.74 Å². The van der Waals surface area contributed by atoms with Gasteiger partial charge >= 0.3 is 0 Å². The lowest BCUT2D eigenvalue weighted by Gasteiger charge is -2.31. The zero-order valence-electron chi connectivity index (χ0n) is 20.2. The summed E-state index contributed by atoms with van der Waals surface area (Å²) in [5.74, 6) is 0.877. The quantitative estimate of drug-likeness (QED) is 0.447. The molecule has 4 rings (SSSR count). The Bertz CT molecular complexity index is 985. The van der Waals surface area contributed by atoms with Crippen molar-refractivity contribution in [1.29, 1.82) is 0 Å². The molecule has 0 bridgehead atoms. The second-order valence-corrected chi connectivity index (χ2v) is 9.01. The number of benzene rings is 2. The predicted octanol–water partition coefficient (Wildman–Crippen LogP) is 3.28. The first kappa shape index (κ1) is 24.5. The van der Waals surface area contributed by atoms with E-state index in [9.17, 15) is 5.11 Å². The highest BCUT2D eigenvalue weighted by molar-refractivity contribution is 5.29. The Morgan fingerprint density at radius 2 is 1.79 bits per heavy atom. The fourth-order valence-electron chi connectivity index (χ4n) is 4.54. The van der Waals surface area contributed by atoms with E-state index in [2.05, 4.69) is 57.0 Å². The van der Waals surface area contributed by atoms with E-state index in [4.69, 9.17) is 9.47 Å². The molecule has 182 valence electrons. The molecule has 1 fully saturated rings. The number of hydrogen-bond donors (Lipinski definition) is 1.